The van der Waals surface area contributed by atoms with Crippen LogP contribution < -0.4 is 0 Å². The second kappa shape index (κ2) is 4.66. The van der Waals surface area contributed by atoms with Gasteiger partial charge in [0.2, 0.25) is 0 Å². The van der Waals surface area contributed by atoms with Gasteiger partial charge < -0.3 is 5.11 Å². The molecule has 0 aromatic heterocycles. The highest BCUT2D eigenvalue weighted by molar-refractivity contribution is 6.31. The molecule has 0 spiro atoms. The van der Waals surface area contributed by atoms with Crippen molar-refractivity contribution in [1.29, 1.82) is 0 Å². The first-order valence-corrected chi connectivity index (χ1v) is 4.67. The number of rotatable bonds is 3. The minimum absolute atomic E-state index is 0.514. The molecule has 0 amide bonds. The summed E-state index contributed by atoms with van der Waals surface area (Å²) in [4.78, 5) is 0. The zero-order valence-corrected chi connectivity index (χ0v) is 8.46. The van der Waals surface area contributed by atoms with Crippen molar-refractivity contribution in [3.05, 3.63) is 47.5 Å². The Balaban J connectivity index is 2.94. The van der Waals surface area contributed by atoms with Crippen LogP contribution in [0.15, 0.2) is 36.9 Å². The van der Waals surface area contributed by atoms with Crippen LogP contribution in [0.5, 0.6) is 0 Å². The highest BCUT2D eigenvalue weighted by Gasteiger charge is 2.17. The molecule has 2 unspecified atom stereocenters. The Hall–Kier alpha value is -0.500. The minimum Gasteiger partial charge on any atom is -0.386 e. The summed E-state index contributed by atoms with van der Waals surface area (Å²) >= 11 is 11.7. The highest BCUT2D eigenvalue weighted by atomic mass is 35.5. The monoisotopic (exact) mass is 216 g/mol. The van der Waals surface area contributed by atoms with E-state index >= 15 is 0 Å². The van der Waals surface area contributed by atoms with Gasteiger partial charge in [-0.25, -0.2) is 0 Å². The molecule has 1 aromatic rings. The van der Waals surface area contributed by atoms with E-state index in [1.54, 1.807) is 24.3 Å². The summed E-state index contributed by atoms with van der Waals surface area (Å²) in [7, 11) is 0. The summed E-state index contributed by atoms with van der Waals surface area (Å²) in [6, 6.07) is 7.06. The number of hydrogen-bond donors (Lipinski definition) is 1. The van der Waals surface area contributed by atoms with Crippen LogP contribution in [-0.2, 0) is 0 Å². The smallest absolute Gasteiger partial charge is 0.100 e. The van der Waals surface area contributed by atoms with Crippen molar-refractivity contribution < 1.29 is 5.11 Å². The van der Waals surface area contributed by atoms with Crippen molar-refractivity contribution in [3.63, 3.8) is 0 Å². The molecule has 70 valence electrons. The van der Waals surface area contributed by atoms with E-state index in [1.165, 1.54) is 6.08 Å². The number of alkyl halides is 1. The number of aliphatic hydroxyl groups excluding tert-OH is 1. The Morgan fingerprint density at radius 1 is 1.38 bits per heavy atom. The van der Waals surface area contributed by atoms with Crippen molar-refractivity contribution >= 4 is 23.2 Å². The number of benzene rings is 1. The van der Waals surface area contributed by atoms with Crippen LogP contribution in [0.1, 0.15) is 11.7 Å². The summed E-state index contributed by atoms with van der Waals surface area (Å²) in [6.45, 7) is 3.50. The molecule has 0 radical (unpaired) electrons. The predicted molar refractivity (Wildman–Crippen MR) is 56.2 cm³/mol. The second-order valence-corrected chi connectivity index (χ2v) is 3.56. The molecule has 2 atom stereocenters. The van der Waals surface area contributed by atoms with Crippen molar-refractivity contribution in [2.75, 3.05) is 0 Å². The fraction of sp³-hybridized carbons (Fsp3) is 0.200. The first-order valence-electron chi connectivity index (χ1n) is 3.86. The van der Waals surface area contributed by atoms with Gasteiger partial charge in [-0.05, 0) is 6.07 Å². The molecule has 0 fully saturated rings. The molecule has 1 N–H and O–H groups in total. The van der Waals surface area contributed by atoms with E-state index in [0.717, 1.165) is 0 Å². The molecule has 0 saturated heterocycles. The van der Waals surface area contributed by atoms with Crippen LogP contribution in [0.25, 0.3) is 0 Å². The van der Waals surface area contributed by atoms with Crippen LogP contribution in [0.2, 0.25) is 5.02 Å². The predicted octanol–water partition coefficient (Wildman–Crippen LogP) is 3.17. The van der Waals surface area contributed by atoms with Crippen LogP contribution >= 0.6 is 23.2 Å². The molecular formula is C10H10Cl2O. The van der Waals surface area contributed by atoms with Gasteiger partial charge in [0, 0.05) is 10.6 Å². The standard InChI is InChI=1S/C10H10Cl2O/c1-2-8(11)10(13)7-5-3-4-6-9(7)12/h2-6,8,10,13H,1H2. The highest BCUT2D eigenvalue weighted by Crippen LogP contribution is 2.27. The Morgan fingerprint density at radius 3 is 2.54 bits per heavy atom. The fourth-order valence-electron chi connectivity index (χ4n) is 1.02. The van der Waals surface area contributed by atoms with E-state index in [0.29, 0.717) is 10.6 Å². The Bertz CT molecular complexity index is 299. The van der Waals surface area contributed by atoms with Crippen LogP contribution in [-0.4, -0.2) is 10.5 Å². The van der Waals surface area contributed by atoms with Crippen LogP contribution in [0.3, 0.4) is 0 Å². The first-order chi connectivity index (χ1) is 6.16. The lowest BCUT2D eigenvalue weighted by Crippen LogP contribution is -2.09. The average molecular weight is 217 g/mol. The van der Waals surface area contributed by atoms with Gasteiger partial charge in [-0.15, -0.1) is 18.2 Å². The van der Waals surface area contributed by atoms with Crippen LogP contribution in [0.4, 0.5) is 0 Å². The van der Waals surface area contributed by atoms with Gasteiger partial charge in [0.15, 0.2) is 0 Å². The molecule has 0 aliphatic heterocycles. The van der Waals surface area contributed by atoms with Crippen molar-refractivity contribution in [2.24, 2.45) is 0 Å². The maximum absolute atomic E-state index is 9.68. The Kier molecular flexibility index (Phi) is 3.79. The van der Waals surface area contributed by atoms with Crippen molar-refractivity contribution in [1.82, 2.24) is 0 Å². The Morgan fingerprint density at radius 2 is 2.00 bits per heavy atom. The van der Waals surface area contributed by atoms with Gasteiger partial charge in [-0.1, -0.05) is 35.9 Å². The molecule has 0 saturated carbocycles. The number of hydrogen-bond acceptors (Lipinski definition) is 1. The molecule has 1 nitrogen and oxygen atoms in total. The largest absolute Gasteiger partial charge is 0.386 e. The summed E-state index contributed by atoms with van der Waals surface area (Å²) in [5.41, 5.74) is 0.629. The zero-order chi connectivity index (χ0) is 9.84. The van der Waals surface area contributed by atoms with Crippen LogP contribution in [0, 0.1) is 0 Å². The topological polar surface area (TPSA) is 20.2 Å². The molecular weight excluding hydrogens is 207 g/mol. The van der Waals surface area contributed by atoms with E-state index in [1.807, 2.05) is 0 Å². The second-order valence-electron chi connectivity index (χ2n) is 2.65. The number of halogens is 2. The fourth-order valence-corrected chi connectivity index (χ4v) is 1.40. The maximum atomic E-state index is 9.68. The molecule has 0 bridgehead atoms. The van der Waals surface area contributed by atoms with Gasteiger partial charge in [0.25, 0.3) is 0 Å². The first kappa shape index (κ1) is 10.6. The molecule has 1 aromatic carbocycles. The van der Waals surface area contributed by atoms with Crippen molar-refractivity contribution in [3.8, 4) is 0 Å². The van der Waals surface area contributed by atoms with E-state index in [9.17, 15) is 5.11 Å². The lowest BCUT2D eigenvalue weighted by molar-refractivity contribution is 0.185. The van der Waals surface area contributed by atoms with E-state index in [4.69, 9.17) is 23.2 Å². The molecule has 0 heterocycles. The van der Waals surface area contributed by atoms with E-state index in [2.05, 4.69) is 6.58 Å². The molecule has 0 aliphatic rings. The lowest BCUT2D eigenvalue weighted by atomic mass is 10.1. The Labute approximate surface area is 87.6 Å². The third-order valence-corrected chi connectivity index (χ3v) is 2.51. The normalized spacial score (nSPS) is 15.0. The summed E-state index contributed by atoms with van der Waals surface area (Å²) in [5, 5.41) is 9.68. The van der Waals surface area contributed by atoms with Gasteiger partial charge in [0.1, 0.15) is 6.10 Å². The van der Waals surface area contributed by atoms with Gasteiger partial charge >= 0.3 is 0 Å². The van der Waals surface area contributed by atoms with E-state index in [-0.39, 0.29) is 0 Å². The van der Waals surface area contributed by atoms with Crippen molar-refractivity contribution in [2.45, 2.75) is 11.5 Å². The average Bonchev–Trinajstić information content (AvgIpc) is 2.16. The molecule has 3 heteroatoms. The third-order valence-electron chi connectivity index (χ3n) is 1.75. The van der Waals surface area contributed by atoms with E-state index < -0.39 is 11.5 Å². The zero-order valence-electron chi connectivity index (χ0n) is 6.95. The molecule has 13 heavy (non-hydrogen) atoms. The summed E-state index contributed by atoms with van der Waals surface area (Å²) in [6.07, 6.45) is 0.683. The third kappa shape index (κ3) is 2.47. The van der Waals surface area contributed by atoms with Gasteiger partial charge in [0.05, 0.1) is 5.38 Å². The molecule has 0 aliphatic carbocycles. The number of aliphatic hydroxyl groups is 1. The summed E-state index contributed by atoms with van der Waals surface area (Å²) < 4.78 is 0. The minimum atomic E-state index is -0.798. The lowest BCUT2D eigenvalue weighted by Gasteiger charge is -2.14. The SMILES string of the molecule is C=CC(Cl)C(O)c1ccccc1Cl. The quantitative estimate of drug-likeness (QED) is 0.609. The molecule has 1 rings (SSSR count). The summed E-state index contributed by atoms with van der Waals surface area (Å²) in [5.74, 6) is 0. The van der Waals surface area contributed by atoms with Gasteiger partial charge in [-0.2, -0.15) is 0 Å². The van der Waals surface area contributed by atoms with Gasteiger partial charge in [-0.3, -0.25) is 0 Å². The maximum Gasteiger partial charge on any atom is 0.100 e.